The number of rotatable bonds is 18. The van der Waals surface area contributed by atoms with Crippen LogP contribution in [0.4, 0.5) is 0 Å². The molecule has 0 N–H and O–H groups in total. The van der Waals surface area contributed by atoms with E-state index in [1.807, 2.05) is 43.4 Å². The lowest BCUT2D eigenvalue weighted by Gasteiger charge is -2.19. The molecular weight excluding hydrogens is 480 g/mol. The largest absolute Gasteiger partial charge is 0.374 e. The Labute approximate surface area is 238 Å². The first-order valence-corrected chi connectivity index (χ1v) is 14.3. The van der Waals surface area contributed by atoms with Crippen LogP contribution in [-0.4, -0.2) is 44.1 Å². The molecule has 2 aromatic rings. The summed E-state index contributed by atoms with van der Waals surface area (Å²) in [6, 6.07) is 20.7. The van der Waals surface area contributed by atoms with E-state index in [1.54, 1.807) is 0 Å². The molecule has 0 spiro atoms. The van der Waals surface area contributed by atoms with Crippen LogP contribution in [0, 0.1) is 0 Å². The van der Waals surface area contributed by atoms with Crippen LogP contribution in [0.25, 0.3) is 0 Å². The molecule has 2 rings (SSSR count). The van der Waals surface area contributed by atoms with Gasteiger partial charge in [0.25, 0.3) is 0 Å². The average molecular weight is 531 g/mol. The van der Waals surface area contributed by atoms with E-state index >= 15 is 0 Å². The van der Waals surface area contributed by atoms with Gasteiger partial charge in [0.05, 0.1) is 31.6 Å². The van der Waals surface area contributed by atoms with Gasteiger partial charge < -0.3 is 14.5 Å². The molecule has 0 bridgehead atoms. The monoisotopic (exact) mass is 530 g/mol. The third-order valence-corrected chi connectivity index (χ3v) is 6.43. The zero-order valence-corrected chi connectivity index (χ0v) is 25.2. The molecule has 0 radical (unpaired) electrons. The lowest BCUT2D eigenvalue weighted by atomic mass is 10.0. The second-order valence-corrected chi connectivity index (χ2v) is 10.7. The molecule has 2 aromatic carbocycles. The van der Waals surface area contributed by atoms with E-state index in [0.717, 1.165) is 49.8 Å². The molecule has 0 aromatic heterocycles. The first kappa shape index (κ1) is 32.3. The summed E-state index contributed by atoms with van der Waals surface area (Å²) in [6.45, 7) is 10.5. The lowest BCUT2D eigenvalue weighted by Crippen LogP contribution is -2.22. The lowest BCUT2D eigenvalue weighted by molar-refractivity contribution is -0.0143. The summed E-state index contributed by atoms with van der Waals surface area (Å²) >= 11 is 0. The molecule has 0 unspecified atom stereocenters. The highest BCUT2D eigenvalue weighted by Crippen LogP contribution is 2.14. The number of ether oxygens (including phenoxy) is 2. The van der Waals surface area contributed by atoms with Crippen molar-refractivity contribution in [2.75, 3.05) is 27.3 Å². The van der Waals surface area contributed by atoms with Crippen molar-refractivity contribution in [2.24, 2.45) is 5.10 Å². The van der Waals surface area contributed by atoms with Crippen LogP contribution in [0.5, 0.6) is 0 Å². The smallest absolute Gasteiger partial charge is 0.0816 e. The molecule has 0 aliphatic rings. The highest BCUT2D eigenvalue weighted by atomic mass is 16.5. The van der Waals surface area contributed by atoms with Crippen LogP contribution >= 0.6 is 0 Å². The Morgan fingerprint density at radius 1 is 0.795 bits per heavy atom. The van der Waals surface area contributed by atoms with Crippen molar-refractivity contribution in [3.8, 4) is 0 Å². The Balaban J connectivity index is 1.92. The summed E-state index contributed by atoms with van der Waals surface area (Å²) in [6.07, 6.45) is 13.0. The summed E-state index contributed by atoms with van der Waals surface area (Å²) in [5, 5.41) is 6.63. The number of hydrazone groups is 1. The fourth-order valence-corrected chi connectivity index (χ4v) is 4.18. The summed E-state index contributed by atoms with van der Waals surface area (Å²) < 4.78 is 12.4. The normalized spacial score (nSPS) is 13.3. The molecule has 1 atom stereocenters. The van der Waals surface area contributed by atoms with Crippen molar-refractivity contribution in [3.05, 3.63) is 107 Å². The van der Waals surface area contributed by atoms with Crippen LogP contribution < -0.4 is 0 Å². The summed E-state index contributed by atoms with van der Waals surface area (Å²) in [5.74, 6) is 0. The molecule has 0 heterocycles. The average Bonchev–Trinajstić information content (AvgIpc) is 2.91. The Bertz CT molecular complexity index is 1050. The highest BCUT2D eigenvalue weighted by Gasteiger charge is 2.13. The predicted octanol–water partition coefficient (Wildman–Crippen LogP) is 8.75. The van der Waals surface area contributed by atoms with Crippen LogP contribution in [0.2, 0.25) is 0 Å². The number of hydrogen-bond donors (Lipinski definition) is 0. The molecule has 0 saturated carbocycles. The first-order valence-electron chi connectivity index (χ1n) is 14.3. The van der Waals surface area contributed by atoms with Gasteiger partial charge in [-0.25, -0.2) is 0 Å². The molecule has 0 fully saturated rings. The van der Waals surface area contributed by atoms with E-state index in [2.05, 4.69) is 82.3 Å². The van der Waals surface area contributed by atoms with Crippen LogP contribution in [0.3, 0.4) is 0 Å². The van der Waals surface area contributed by atoms with Crippen molar-refractivity contribution in [1.29, 1.82) is 0 Å². The first-order chi connectivity index (χ1) is 18.8. The maximum Gasteiger partial charge on any atom is 0.0816 e. The molecule has 0 aliphatic heterocycles. The molecular formula is C35H50N2O2. The standard InChI is InChI=1S/C35H50N2O2/c1-29(2)15-13-16-30(3)17-14-18-31(4)25-26-39-34(28-38-27-32-19-9-7-10-20-32)23-24-35(36-37(5)6)33-21-11-8-12-22-33/h7-12,15,17,19-22,25,34H,13-14,16,18,23-24,26-28H2,1-6H3/b30-17+,31-25+,36-35+/t34-/m1/s1. The summed E-state index contributed by atoms with van der Waals surface area (Å²) in [4.78, 5) is 0. The van der Waals surface area contributed by atoms with E-state index < -0.39 is 0 Å². The van der Waals surface area contributed by atoms with Gasteiger partial charge in [0, 0.05) is 14.1 Å². The second-order valence-electron chi connectivity index (χ2n) is 10.7. The summed E-state index contributed by atoms with van der Waals surface area (Å²) in [5.41, 5.74) is 7.63. The minimum Gasteiger partial charge on any atom is -0.374 e. The van der Waals surface area contributed by atoms with Crippen LogP contribution in [-0.2, 0) is 16.1 Å². The Kier molecular flexibility index (Phi) is 15.9. The SMILES string of the molecule is CC(C)=CCC/C(C)=C/CC/C(C)=C/CO[C@H](CC/C(=N\N(C)C)c1ccccc1)COCc1ccccc1. The fourth-order valence-electron chi connectivity index (χ4n) is 4.18. The summed E-state index contributed by atoms with van der Waals surface area (Å²) in [7, 11) is 3.93. The molecule has 212 valence electrons. The zero-order chi connectivity index (χ0) is 28.3. The van der Waals surface area contributed by atoms with Crippen molar-refractivity contribution < 1.29 is 9.47 Å². The van der Waals surface area contributed by atoms with E-state index in [1.165, 1.54) is 22.3 Å². The predicted molar refractivity (Wildman–Crippen MR) is 167 cm³/mol. The zero-order valence-electron chi connectivity index (χ0n) is 25.2. The van der Waals surface area contributed by atoms with Gasteiger partial charge in [-0.05, 0) is 77.3 Å². The molecule has 0 amide bonds. The molecule has 4 nitrogen and oxygen atoms in total. The third kappa shape index (κ3) is 15.3. The van der Waals surface area contributed by atoms with Crippen molar-refractivity contribution in [1.82, 2.24) is 5.01 Å². The number of hydrogen-bond acceptors (Lipinski definition) is 4. The van der Waals surface area contributed by atoms with E-state index in [9.17, 15) is 0 Å². The Hall–Kier alpha value is -2.95. The Morgan fingerprint density at radius 2 is 1.41 bits per heavy atom. The van der Waals surface area contributed by atoms with Crippen LogP contribution in [0.1, 0.15) is 77.3 Å². The fraction of sp³-hybridized carbons (Fsp3) is 0.457. The minimum atomic E-state index is -0.00828. The third-order valence-electron chi connectivity index (χ3n) is 6.43. The van der Waals surface area contributed by atoms with Gasteiger partial charge in [0.15, 0.2) is 0 Å². The maximum atomic E-state index is 6.35. The van der Waals surface area contributed by atoms with Crippen molar-refractivity contribution in [3.63, 3.8) is 0 Å². The highest BCUT2D eigenvalue weighted by molar-refractivity contribution is 6.00. The maximum absolute atomic E-state index is 6.35. The van der Waals surface area contributed by atoms with Gasteiger partial charge in [0.1, 0.15) is 0 Å². The van der Waals surface area contributed by atoms with Gasteiger partial charge in [-0.3, -0.25) is 0 Å². The number of allylic oxidation sites excluding steroid dienone is 5. The van der Waals surface area contributed by atoms with E-state index in [-0.39, 0.29) is 6.10 Å². The second kappa shape index (κ2) is 19.2. The topological polar surface area (TPSA) is 34.1 Å². The molecule has 0 saturated heterocycles. The van der Waals surface area contributed by atoms with Crippen LogP contribution in [0.15, 0.2) is 101 Å². The van der Waals surface area contributed by atoms with Crippen molar-refractivity contribution in [2.45, 2.75) is 78.9 Å². The van der Waals surface area contributed by atoms with Gasteiger partial charge in [0.2, 0.25) is 0 Å². The molecule has 4 heteroatoms. The Morgan fingerprint density at radius 3 is 2.05 bits per heavy atom. The van der Waals surface area contributed by atoms with E-state index in [0.29, 0.717) is 19.8 Å². The molecule has 0 aliphatic carbocycles. The van der Waals surface area contributed by atoms with Gasteiger partial charge in [-0.15, -0.1) is 0 Å². The number of benzene rings is 2. The number of nitrogens with zero attached hydrogens (tertiary/aromatic N) is 2. The van der Waals surface area contributed by atoms with Gasteiger partial charge >= 0.3 is 0 Å². The van der Waals surface area contributed by atoms with Crippen molar-refractivity contribution >= 4 is 5.71 Å². The van der Waals surface area contributed by atoms with Gasteiger partial charge in [-0.1, -0.05) is 95.6 Å². The minimum absolute atomic E-state index is 0.00828. The molecule has 39 heavy (non-hydrogen) atoms. The quantitative estimate of drug-likeness (QED) is 0.110. The van der Waals surface area contributed by atoms with E-state index in [4.69, 9.17) is 14.6 Å². The van der Waals surface area contributed by atoms with Gasteiger partial charge in [-0.2, -0.15) is 5.10 Å².